The van der Waals surface area contributed by atoms with Crippen LogP contribution in [-0.4, -0.2) is 30.1 Å². The van der Waals surface area contributed by atoms with Crippen LogP contribution in [0.2, 0.25) is 0 Å². The second-order valence-electron chi connectivity index (χ2n) is 4.49. The third-order valence-corrected chi connectivity index (χ3v) is 3.23. The minimum absolute atomic E-state index is 0.144. The maximum Gasteiger partial charge on any atom is 0.317 e. The monoisotopic (exact) mass is 208 g/mol. The molecule has 1 aliphatic heterocycles. The van der Waals surface area contributed by atoms with E-state index in [-0.39, 0.29) is 6.03 Å². The molecule has 2 aliphatic rings. The Kier molecular flexibility index (Phi) is 3.64. The van der Waals surface area contributed by atoms with Gasteiger partial charge in [-0.05, 0) is 25.7 Å². The van der Waals surface area contributed by atoms with Crippen molar-refractivity contribution in [2.45, 2.75) is 44.6 Å². The van der Waals surface area contributed by atoms with Gasteiger partial charge in [0, 0.05) is 19.1 Å². The van der Waals surface area contributed by atoms with Crippen molar-refractivity contribution in [3.8, 4) is 0 Å². The zero-order valence-electron chi connectivity index (χ0n) is 9.24. The zero-order chi connectivity index (χ0) is 10.5. The molecule has 15 heavy (non-hydrogen) atoms. The molecule has 1 aliphatic carbocycles. The lowest BCUT2D eigenvalue weighted by atomic mass is 10.2. The van der Waals surface area contributed by atoms with Gasteiger partial charge in [0.15, 0.2) is 0 Å². The molecule has 1 fully saturated rings. The maximum absolute atomic E-state index is 11.9. The number of urea groups is 1. The number of hydrogen-bond acceptors (Lipinski definition) is 1. The van der Waals surface area contributed by atoms with Crippen LogP contribution in [0.15, 0.2) is 12.2 Å². The first-order chi connectivity index (χ1) is 7.36. The molecule has 3 nitrogen and oxygen atoms in total. The Hall–Kier alpha value is -0.990. The highest BCUT2D eigenvalue weighted by molar-refractivity contribution is 5.74. The molecule has 0 radical (unpaired) electrons. The summed E-state index contributed by atoms with van der Waals surface area (Å²) in [7, 11) is 0. The van der Waals surface area contributed by atoms with Crippen LogP contribution in [0.1, 0.15) is 38.5 Å². The van der Waals surface area contributed by atoms with Crippen molar-refractivity contribution in [2.24, 2.45) is 0 Å². The molecule has 0 saturated carbocycles. The van der Waals surface area contributed by atoms with Gasteiger partial charge in [-0.2, -0.15) is 0 Å². The van der Waals surface area contributed by atoms with Crippen LogP contribution in [0, 0.1) is 0 Å². The smallest absolute Gasteiger partial charge is 0.317 e. The number of nitrogens with one attached hydrogen (secondary N) is 1. The second kappa shape index (κ2) is 5.19. The average Bonchev–Trinajstić information content (AvgIpc) is 2.58. The summed E-state index contributed by atoms with van der Waals surface area (Å²) in [6.07, 6.45) is 11.2. The third-order valence-electron chi connectivity index (χ3n) is 3.23. The fraction of sp³-hybridized carbons (Fsp3) is 0.750. The molecule has 84 valence electrons. The van der Waals surface area contributed by atoms with Crippen LogP contribution in [-0.2, 0) is 0 Å². The van der Waals surface area contributed by atoms with E-state index >= 15 is 0 Å². The van der Waals surface area contributed by atoms with Gasteiger partial charge in [-0.15, -0.1) is 0 Å². The molecule has 0 aromatic rings. The average molecular weight is 208 g/mol. The van der Waals surface area contributed by atoms with Crippen LogP contribution in [0.5, 0.6) is 0 Å². The summed E-state index contributed by atoms with van der Waals surface area (Å²) in [6, 6.07) is 0.492. The fourth-order valence-corrected chi connectivity index (χ4v) is 2.27. The summed E-state index contributed by atoms with van der Waals surface area (Å²) in [5.41, 5.74) is 0. The van der Waals surface area contributed by atoms with E-state index in [0.29, 0.717) is 6.04 Å². The van der Waals surface area contributed by atoms with E-state index < -0.39 is 0 Å². The molecular formula is C12H20N2O. The van der Waals surface area contributed by atoms with Crippen molar-refractivity contribution in [1.29, 1.82) is 0 Å². The molecule has 2 amide bonds. The fourth-order valence-electron chi connectivity index (χ4n) is 2.27. The van der Waals surface area contributed by atoms with E-state index in [1.165, 1.54) is 12.8 Å². The number of carbonyl (C=O) groups excluding carboxylic acids is 1. The van der Waals surface area contributed by atoms with Gasteiger partial charge in [-0.1, -0.05) is 25.0 Å². The number of rotatable bonds is 1. The molecule has 2 rings (SSSR count). The summed E-state index contributed by atoms with van der Waals surface area (Å²) in [4.78, 5) is 13.9. The lowest BCUT2D eigenvalue weighted by molar-refractivity contribution is 0.196. The van der Waals surface area contributed by atoms with Crippen molar-refractivity contribution >= 4 is 6.03 Å². The van der Waals surface area contributed by atoms with Crippen LogP contribution in [0.4, 0.5) is 4.79 Å². The van der Waals surface area contributed by atoms with E-state index in [9.17, 15) is 4.79 Å². The highest BCUT2D eigenvalue weighted by Gasteiger charge is 2.19. The Morgan fingerprint density at radius 3 is 2.27 bits per heavy atom. The minimum atomic E-state index is 0.144. The molecule has 3 heteroatoms. The normalized spacial score (nSPS) is 22.8. The van der Waals surface area contributed by atoms with Gasteiger partial charge in [0.2, 0.25) is 0 Å². The number of carbonyl (C=O) groups is 1. The maximum atomic E-state index is 11.9. The summed E-state index contributed by atoms with van der Waals surface area (Å²) >= 11 is 0. The molecule has 0 spiro atoms. The summed E-state index contributed by atoms with van der Waals surface area (Å²) in [6.45, 7) is 1.87. The molecule has 0 bridgehead atoms. The van der Waals surface area contributed by atoms with E-state index in [4.69, 9.17) is 0 Å². The number of hydrogen-bond donors (Lipinski definition) is 1. The van der Waals surface area contributed by atoms with Gasteiger partial charge < -0.3 is 10.2 Å². The molecule has 1 saturated heterocycles. The first-order valence-electron chi connectivity index (χ1n) is 6.07. The van der Waals surface area contributed by atoms with Crippen LogP contribution >= 0.6 is 0 Å². The Balaban J connectivity index is 1.78. The van der Waals surface area contributed by atoms with E-state index in [2.05, 4.69) is 17.5 Å². The van der Waals surface area contributed by atoms with Crippen molar-refractivity contribution in [3.05, 3.63) is 12.2 Å². The molecular weight excluding hydrogens is 188 g/mol. The SMILES string of the molecule is O=C(NC1CC=CC1)N1CCCCCC1. The van der Waals surface area contributed by atoms with Crippen LogP contribution < -0.4 is 5.32 Å². The van der Waals surface area contributed by atoms with Crippen molar-refractivity contribution in [3.63, 3.8) is 0 Å². The predicted molar refractivity (Wildman–Crippen MR) is 60.7 cm³/mol. The molecule has 0 atom stereocenters. The first kappa shape index (κ1) is 10.5. The second-order valence-corrected chi connectivity index (χ2v) is 4.49. The standard InChI is InChI=1S/C12H20N2O/c15-12(13-11-7-3-4-8-11)14-9-5-1-2-6-10-14/h3-4,11H,1-2,5-10H2,(H,13,15). The summed E-state index contributed by atoms with van der Waals surface area (Å²) in [5.74, 6) is 0. The Morgan fingerprint density at radius 2 is 1.67 bits per heavy atom. The third kappa shape index (κ3) is 2.98. The molecule has 0 unspecified atom stereocenters. The van der Waals surface area contributed by atoms with Crippen molar-refractivity contribution in [1.82, 2.24) is 10.2 Å². The summed E-state index contributed by atoms with van der Waals surface area (Å²) < 4.78 is 0. The van der Waals surface area contributed by atoms with E-state index in [1.54, 1.807) is 0 Å². The predicted octanol–water partition coefficient (Wildman–Crippen LogP) is 2.29. The lowest BCUT2D eigenvalue weighted by Crippen LogP contribution is -2.44. The van der Waals surface area contributed by atoms with Gasteiger partial charge in [-0.25, -0.2) is 4.79 Å². The number of nitrogens with zero attached hydrogens (tertiary/aromatic N) is 1. The van der Waals surface area contributed by atoms with Crippen molar-refractivity contribution < 1.29 is 4.79 Å². The van der Waals surface area contributed by atoms with Gasteiger partial charge in [0.25, 0.3) is 0 Å². The largest absolute Gasteiger partial charge is 0.335 e. The van der Waals surface area contributed by atoms with E-state index in [0.717, 1.165) is 38.8 Å². The van der Waals surface area contributed by atoms with Gasteiger partial charge in [0.1, 0.15) is 0 Å². The van der Waals surface area contributed by atoms with Crippen molar-refractivity contribution in [2.75, 3.05) is 13.1 Å². The molecule has 0 aromatic carbocycles. The number of amides is 2. The Labute approximate surface area is 91.5 Å². The van der Waals surface area contributed by atoms with Gasteiger partial charge in [0.05, 0.1) is 0 Å². The lowest BCUT2D eigenvalue weighted by Gasteiger charge is -2.23. The van der Waals surface area contributed by atoms with Gasteiger partial charge in [-0.3, -0.25) is 0 Å². The highest BCUT2D eigenvalue weighted by atomic mass is 16.2. The molecule has 1 N–H and O–H groups in total. The first-order valence-corrected chi connectivity index (χ1v) is 6.07. The quantitative estimate of drug-likeness (QED) is 0.659. The van der Waals surface area contributed by atoms with E-state index in [1.807, 2.05) is 4.90 Å². The molecule has 0 aromatic heterocycles. The Bertz CT molecular complexity index is 234. The van der Waals surface area contributed by atoms with Crippen LogP contribution in [0.3, 0.4) is 0 Å². The Morgan fingerprint density at radius 1 is 1.07 bits per heavy atom. The number of likely N-dealkylation sites (tertiary alicyclic amines) is 1. The highest BCUT2D eigenvalue weighted by Crippen LogP contribution is 2.12. The van der Waals surface area contributed by atoms with Crippen LogP contribution in [0.25, 0.3) is 0 Å². The molecule has 1 heterocycles. The minimum Gasteiger partial charge on any atom is -0.335 e. The zero-order valence-corrected chi connectivity index (χ0v) is 9.24. The topological polar surface area (TPSA) is 32.3 Å². The summed E-state index contributed by atoms with van der Waals surface area (Å²) in [5, 5.41) is 3.10. The van der Waals surface area contributed by atoms with Gasteiger partial charge >= 0.3 is 6.03 Å².